The van der Waals surface area contributed by atoms with Crippen molar-refractivity contribution in [1.82, 2.24) is 3.38 Å². The van der Waals surface area contributed by atoms with Crippen molar-refractivity contribution in [2.24, 2.45) is 11.8 Å². The van der Waals surface area contributed by atoms with Crippen molar-refractivity contribution in [2.45, 2.75) is 41.0 Å². The summed E-state index contributed by atoms with van der Waals surface area (Å²) in [4.78, 5) is 0. The molecular formula is C11H25Cl2NOTi. The molecule has 0 heterocycles. The van der Waals surface area contributed by atoms with Crippen LogP contribution in [0, 0.1) is 11.8 Å². The van der Waals surface area contributed by atoms with Gasteiger partial charge in [0, 0.05) is 0 Å². The first-order valence-electron chi connectivity index (χ1n) is 5.68. The summed E-state index contributed by atoms with van der Waals surface area (Å²) in [6.07, 6.45) is 1.14. The molecule has 0 bridgehead atoms. The molecule has 0 aliphatic carbocycles. The fourth-order valence-electron chi connectivity index (χ4n) is 1.27. The molecule has 0 spiro atoms. The van der Waals surface area contributed by atoms with Crippen LogP contribution in [-0.4, -0.2) is 23.1 Å². The van der Waals surface area contributed by atoms with Crippen LogP contribution in [0.4, 0.5) is 0 Å². The van der Waals surface area contributed by atoms with Crippen molar-refractivity contribution in [2.75, 3.05) is 19.7 Å². The third-order valence-corrected chi connectivity index (χ3v) is 3.16. The van der Waals surface area contributed by atoms with E-state index in [2.05, 4.69) is 38.0 Å². The molecule has 0 aromatic carbocycles. The second-order valence-electron chi connectivity index (χ2n) is 4.63. The maximum absolute atomic E-state index is 5.70. The van der Waals surface area contributed by atoms with Crippen LogP contribution in [0.5, 0.6) is 0 Å². The average Bonchev–Trinajstić information content (AvgIpc) is 2.02. The minimum absolute atomic E-state index is 0. The molecule has 0 amide bonds. The third-order valence-electron chi connectivity index (χ3n) is 1.67. The van der Waals surface area contributed by atoms with E-state index in [1.54, 1.807) is 0 Å². The zero-order valence-corrected chi connectivity index (χ0v) is 14.2. The van der Waals surface area contributed by atoms with Gasteiger partial charge in [-0.15, -0.1) is 0 Å². The van der Waals surface area contributed by atoms with Crippen LogP contribution < -0.4 is 24.8 Å². The molecule has 0 aromatic rings. The quantitative estimate of drug-likeness (QED) is 0.349. The van der Waals surface area contributed by atoms with Crippen molar-refractivity contribution in [3.05, 3.63) is 0 Å². The molecule has 0 aliphatic heterocycles. The number of halogens is 2. The molecule has 2 nitrogen and oxygen atoms in total. The number of hydrogen-bond acceptors (Lipinski definition) is 2. The van der Waals surface area contributed by atoms with Crippen molar-refractivity contribution in [3.63, 3.8) is 0 Å². The van der Waals surface area contributed by atoms with Gasteiger partial charge in [0.1, 0.15) is 0 Å². The van der Waals surface area contributed by atoms with E-state index in [0.29, 0.717) is 0 Å². The van der Waals surface area contributed by atoms with Crippen molar-refractivity contribution < 1.29 is 47.9 Å². The predicted molar refractivity (Wildman–Crippen MR) is 57.5 cm³/mol. The van der Waals surface area contributed by atoms with E-state index in [4.69, 9.17) is 3.32 Å². The standard InChI is InChI=1S/C8H18N.C3H7O.2ClH.Ti/c1-7(2)5-9-6-8(3)4;1-2-3-4;;;/h7-8H,5-6H2,1-4H3;2-3H2,1H3;2*1H;/q2*-1;;;+4/p-2. The second kappa shape index (κ2) is 14.3. The van der Waals surface area contributed by atoms with E-state index >= 15 is 0 Å². The molecule has 0 aromatic heterocycles. The number of hydrogen-bond donors (Lipinski definition) is 0. The van der Waals surface area contributed by atoms with Gasteiger partial charge in [-0.3, -0.25) is 0 Å². The first-order chi connectivity index (χ1) is 6.56. The number of rotatable bonds is 8. The molecule has 0 atom stereocenters. The Morgan fingerprint density at radius 1 is 1.00 bits per heavy atom. The summed E-state index contributed by atoms with van der Waals surface area (Å²) in [5.41, 5.74) is 0. The van der Waals surface area contributed by atoms with Gasteiger partial charge in [-0.2, -0.15) is 0 Å². The summed E-state index contributed by atoms with van der Waals surface area (Å²) < 4.78 is 8.23. The smallest absolute Gasteiger partial charge is 1.00 e. The van der Waals surface area contributed by atoms with E-state index < -0.39 is 0 Å². The normalized spacial score (nSPS) is 10.0. The van der Waals surface area contributed by atoms with Crippen LogP contribution in [0.15, 0.2) is 0 Å². The van der Waals surface area contributed by atoms with Gasteiger partial charge < -0.3 is 24.8 Å². The van der Waals surface area contributed by atoms with Crippen LogP contribution in [-0.2, 0) is 23.1 Å². The van der Waals surface area contributed by atoms with E-state index in [1.807, 2.05) is 0 Å². The first kappa shape index (κ1) is 22.4. The predicted octanol–water partition coefficient (Wildman–Crippen LogP) is -3.05. The summed E-state index contributed by atoms with van der Waals surface area (Å²) in [6.45, 7) is 14.6. The molecule has 0 rings (SSSR count). The fraction of sp³-hybridized carbons (Fsp3) is 1.00. The van der Waals surface area contributed by atoms with Gasteiger partial charge in [0.2, 0.25) is 0 Å². The van der Waals surface area contributed by atoms with Crippen molar-refractivity contribution in [1.29, 1.82) is 0 Å². The molecule has 0 saturated heterocycles. The van der Waals surface area contributed by atoms with Crippen LogP contribution in [0.2, 0.25) is 0 Å². The Morgan fingerprint density at radius 3 is 1.75 bits per heavy atom. The van der Waals surface area contributed by atoms with E-state index in [-0.39, 0.29) is 44.6 Å². The van der Waals surface area contributed by atoms with Gasteiger partial charge in [-0.25, -0.2) is 0 Å². The van der Waals surface area contributed by atoms with Gasteiger partial charge >= 0.3 is 99.1 Å². The Bertz CT molecular complexity index is 127. The zero-order valence-electron chi connectivity index (χ0n) is 11.1. The van der Waals surface area contributed by atoms with Crippen LogP contribution in [0.1, 0.15) is 41.0 Å². The largest absolute Gasteiger partial charge is 1.00 e. The summed E-state index contributed by atoms with van der Waals surface area (Å²) in [7, 11) is 0. The maximum Gasteiger partial charge on any atom is -1.00 e. The molecule has 0 fully saturated rings. The van der Waals surface area contributed by atoms with E-state index in [0.717, 1.165) is 24.9 Å². The van der Waals surface area contributed by atoms with Gasteiger partial charge in [0.15, 0.2) is 0 Å². The topological polar surface area (TPSA) is 12.5 Å². The first-order valence-corrected chi connectivity index (χ1v) is 7.02. The fourth-order valence-corrected chi connectivity index (χ4v) is 3.39. The average molecular weight is 306 g/mol. The molecule has 5 heteroatoms. The molecule has 16 heavy (non-hydrogen) atoms. The molecule has 98 valence electrons. The van der Waals surface area contributed by atoms with Crippen molar-refractivity contribution >= 4 is 0 Å². The third kappa shape index (κ3) is 15.2. The van der Waals surface area contributed by atoms with Gasteiger partial charge in [0.05, 0.1) is 0 Å². The molecule has 0 radical (unpaired) electrons. The van der Waals surface area contributed by atoms with E-state index in [9.17, 15) is 0 Å². The summed E-state index contributed by atoms with van der Waals surface area (Å²) in [5.74, 6) is 1.51. The minimum atomic E-state index is -0.315. The van der Waals surface area contributed by atoms with E-state index in [1.165, 1.54) is 13.1 Å². The Hall–Kier alpha value is 1.21. The molecule has 0 unspecified atom stereocenters. The second-order valence-corrected chi connectivity index (χ2v) is 6.36. The summed E-state index contributed by atoms with van der Waals surface area (Å²) in [6, 6.07) is 0. The molecule has 0 aliphatic rings. The molecule has 0 N–H and O–H groups in total. The van der Waals surface area contributed by atoms with Crippen LogP contribution in [0.3, 0.4) is 0 Å². The van der Waals surface area contributed by atoms with Gasteiger partial charge in [-0.1, -0.05) is 0 Å². The Balaban J connectivity index is -0.000000845. The SMILES string of the molecule is CCC[O][Ti+2][N](CC(C)C)CC(C)C.[Cl-].[Cl-]. The van der Waals surface area contributed by atoms with Crippen LogP contribution >= 0.6 is 0 Å². The zero-order chi connectivity index (χ0) is 11.0. The number of nitrogens with zero attached hydrogens (tertiary/aromatic N) is 1. The summed E-state index contributed by atoms with van der Waals surface area (Å²) in [5, 5.41) is 0. The Kier molecular flexibility index (Phi) is 20.0. The Labute approximate surface area is 123 Å². The molecular weight excluding hydrogens is 281 g/mol. The molecule has 0 saturated carbocycles. The summed E-state index contributed by atoms with van der Waals surface area (Å²) >= 11 is -0.315. The minimum Gasteiger partial charge on any atom is -1.00 e. The van der Waals surface area contributed by atoms with Gasteiger partial charge in [-0.05, 0) is 0 Å². The monoisotopic (exact) mass is 305 g/mol. The van der Waals surface area contributed by atoms with Gasteiger partial charge in [0.25, 0.3) is 0 Å². The van der Waals surface area contributed by atoms with Crippen LogP contribution in [0.25, 0.3) is 0 Å². The maximum atomic E-state index is 5.70. The Morgan fingerprint density at radius 2 is 1.44 bits per heavy atom. The van der Waals surface area contributed by atoms with Crippen molar-refractivity contribution in [3.8, 4) is 0 Å².